The van der Waals surface area contributed by atoms with E-state index in [9.17, 15) is 0 Å². The molecule has 1 rings (SSSR count). The molecule has 5 nitrogen and oxygen atoms in total. The number of halogens is 1. The highest BCUT2D eigenvalue weighted by Gasteiger charge is 2.09. The number of hydrogen-bond donors (Lipinski definition) is 1. The summed E-state index contributed by atoms with van der Waals surface area (Å²) in [4.78, 5) is 6.66. The molecule has 0 aliphatic carbocycles. The second-order valence-corrected chi connectivity index (χ2v) is 4.60. The Labute approximate surface area is 151 Å². The minimum absolute atomic E-state index is 0. The van der Waals surface area contributed by atoms with Crippen LogP contribution in [-0.2, 0) is 11.3 Å². The summed E-state index contributed by atoms with van der Waals surface area (Å²) in [5.41, 5.74) is 1.14. The number of methoxy groups -OCH3 is 1. The third kappa shape index (κ3) is 7.31. The van der Waals surface area contributed by atoms with Crippen LogP contribution in [0.25, 0.3) is 0 Å². The first kappa shape index (κ1) is 21.0. The monoisotopic (exact) mass is 421 g/mol. The summed E-state index contributed by atoms with van der Waals surface area (Å²) in [5, 5.41) is 3.30. The summed E-state index contributed by atoms with van der Waals surface area (Å²) < 4.78 is 10.7. The summed E-state index contributed by atoms with van der Waals surface area (Å²) >= 11 is 0. The van der Waals surface area contributed by atoms with Crippen LogP contribution in [0.15, 0.2) is 29.3 Å². The molecule has 1 aromatic rings. The Morgan fingerprint density at radius 1 is 1.27 bits per heavy atom. The molecule has 0 radical (unpaired) electrons. The third-order valence-electron chi connectivity index (χ3n) is 3.00. The number of aliphatic imine (C=N–C) groups is 1. The van der Waals surface area contributed by atoms with E-state index in [0.29, 0.717) is 13.2 Å². The molecule has 0 saturated carbocycles. The van der Waals surface area contributed by atoms with Gasteiger partial charge >= 0.3 is 0 Å². The number of ether oxygens (including phenoxy) is 2. The molecule has 0 fully saturated rings. The fourth-order valence-electron chi connectivity index (χ4n) is 1.99. The van der Waals surface area contributed by atoms with Crippen LogP contribution < -0.4 is 10.1 Å². The van der Waals surface area contributed by atoms with Crippen molar-refractivity contribution < 1.29 is 9.47 Å². The van der Waals surface area contributed by atoms with Gasteiger partial charge in [-0.15, -0.1) is 24.0 Å². The zero-order chi connectivity index (χ0) is 15.5. The number of nitrogens with one attached hydrogen (secondary N) is 1. The summed E-state index contributed by atoms with van der Waals surface area (Å²) in [6.07, 6.45) is 0. The number of hydrogen-bond acceptors (Lipinski definition) is 3. The van der Waals surface area contributed by atoms with Gasteiger partial charge in [0.05, 0.1) is 20.3 Å². The maximum absolute atomic E-state index is 5.39. The predicted molar refractivity (Wildman–Crippen MR) is 102 cm³/mol. The van der Waals surface area contributed by atoms with Crippen LogP contribution in [0.1, 0.15) is 19.4 Å². The maximum atomic E-state index is 5.39. The average Bonchev–Trinajstić information content (AvgIpc) is 2.51. The fraction of sp³-hybridized carbons (Fsp3) is 0.562. The Bertz CT molecular complexity index is 441. The van der Waals surface area contributed by atoms with Crippen LogP contribution in [0.5, 0.6) is 5.75 Å². The average molecular weight is 421 g/mol. The molecule has 0 aromatic heterocycles. The molecule has 0 aliphatic rings. The van der Waals surface area contributed by atoms with Crippen LogP contribution in [0.2, 0.25) is 0 Å². The molecule has 0 spiro atoms. The molecule has 0 saturated heterocycles. The summed E-state index contributed by atoms with van der Waals surface area (Å²) in [5.74, 6) is 1.78. The van der Waals surface area contributed by atoms with E-state index < -0.39 is 0 Å². The molecule has 22 heavy (non-hydrogen) atoms. The molecule has 0 unspecified atom stereocenters. The van der Waals surface area contributed by atoms with Crippen molar-refractivity contribution in [1.82, 2.24) is 10.2 Å². The Kier molecular flexibility index (Phi) is 11.9. The fourth-order valence-corrected chi connectivity index (χ4v) is 1.99. The molecule has 0 aliphatic heterocycles. The van der Waals surface area contributed by atoms with Crippen LogP contribution in [0, 0.1) is 0 Å². The third-order valence-corrected chi connectivity index (χ3v) is 3.00. The van der Waals surface area contributed by atoms with E-state index in [2.05, 4.69) is 28.2 Å². The first-order chi connectivity index (χ1) is 10.2. The van der Waals surface area contributed by atoms with Crippen LogP contribution >= 0.6 is 24.0 Å². The molecule has 0 amide bonds. The zero-order valence-corrected chi connectivity index (χ0v) is 16.3. The first-order valence-corrected chi connectivity index (χ1v) is 7.42. The highest BCUT2D eigenvalue weighted by molar-refractivity contribution is 14.0. The lowest BCUT2D eigenvalue weighted by Crippen LogP contribution is -2.38. The molecular formula is C16H28IN3O2. The molecular weight excluding hydrogens is 393 g/mol. The number of rotatable bonds is 8. The lowest BCUT2D eigenvalue weighted by molar-refractivity contribution is 0.155. The standard InChI is InChI=1S/C16H27N3O2.HI/c1-5-17-16(18-11-12-21-6-2)19(3)13-14-9-7-8-10-15(14)20-4;/h7-10H,5-6,11-13H2,1-4H3,(H,17,18);1H. The smallest absolute Gasteiger partial charge is 0.194 e. The van der Waals surface area contributed by atoms with Crippen molar-refractivity contribution in [2.24, 2.45) is 4.99 Å². The molecule has 0 heterocycles. The minimum atomic E-state index is 0. The Morgan fingerprint density at radius 2 is 2.00 bits per heavy atom. The van der Waals surface area contributed by atoms with Gasteiger partial charge in [-0.25, -0.2) is 0 Å². The Hall–Kier alpha value is -1.02. The van der Waals surface area contributed by atoms with Gasteiger partial charge in [0.1, 0.15) is 5.75 Å². The van der Waals surface area contributed by atoms with Crippen molar-refractivity contribution in [3.8, 4) is 5.75 Å². The molecule has 6 heteroatoms. The van der Waals surface area contributed by atoms with Crippen molar-refractivity contribution in [3.05, 3.63) is 29.8 Å². The van der Waals surface area contributed by atoms with Gasteiger partial charge in [-0.2, -0.15) is 0 Å². The predicted octanol–water partition coefficient (Wildman–Crippen LogP) is 2.75. The van der Waals surface area contributed by atoms with E-state index in [1.54, 1.807) is 7.11 Å². The van der Waals surface area contributed by atoms with Gasteiger partial charge in [0, 0.05) is 32.3 Å². The summed E-state index contributed by atoms with van der Waals surface area (Å²) in [6.45, 7) is 7.66. The Balaban J connectivity index is 0.00000441. The van der Waals surface area contributed by atoms with Gasteiger partial charge in [0.25, 0.3) is 0 Å². The summed E-state index contributed by atoms with van der Waals surface area (Å²) in [6, 6.07) is 8.04. The molecule has 1 N–H and O–H groups in total. The molecule has 126 valence electrons. The van der Waals surface area contributed by atoms with Gasteiger partial charge in [-0.3, -0.25) is 4.99 Å². The number of guanidine groups is 1. The Morgan fingerprint density at radius 3 is 2.64 bits per heavy atom. The van der Waals surface area contributed by atoms with Gasteiger partial charge in [-0.05, 0) is 19.9 Å². The van der Waals surface area contributed by atoms with Crippen molar-refractivity contribution in [3.63, 3.8) is 0 Å². The second kappa shape index (κ2) is 12.5. The SMILES string of the molecule is CCNC(=NCCOCC)N(C)Cc1ccccc1OC.I. The van der Waals surface area contributed by atoms with E-state index in [-0.39, 0.29) is 24.0 Å². The molecule has 1 aromatic carbocycles. The van der Waals surface area contributed by atoms with Crippen LogP contribution in [0.4, 0.5) is 0 Å². The van der Waals surface area contributed by atoms with Gasteiger partial charge in [0.2, 0.25) is 0 Å². The molecule has 0 atom stereocenters. The van der Waals surface area contributed by atoms with Crippen molar-refractivity contribution in [2.45, 2.75) is 20.4 Å². The minimum Gasteiger partial charge on any atom is -0.496 e. The highest BCUT2D eigenvalue weighted by Crippen LogP contribution is 2.18. The lowest BCUT2D eigenvalue weighted by atomic mass is 10.2. The van der Waals surface area contributed by atoms with Gasteiger partial charge in [0.15, 0.2) is 5.96 Å². The quantitative estimate of drug-likeness (QED) is 0.304. The van der Waals surface area contributed by atoms with E-state index in [1.807, 2.05) is 32.2 Å². The number of nitrogens with zero attached hydrogens (tertiary/aromatic N) is 2. The highest BCUT2D eigenvalue weighted by atomic mass is 127. The normalized spacial score (nSPS) is 10.8. The summed E-state index contributed by atoms with van der Waals surface area (Å²) in [7, 11) is 3.72. The van der Waals surface area contributed by atoms with Crippen LogP contribution in [-0.4, -0.2) is 51.3 Å². The van der Waals surface area contributed by atoms with E-state index in [0.717, 1.165) is 37.0 Å². The number of para-hydroxylation sites is 1. The molecule has 0 bridgehead atoms. The lowest BCUT2D eigenvalue weighted by Gasteiger charge is -2.23. The van der Waals surface area contributed by atoms with Crippen LogP contribution in [0.3, 0.4) is 0 Å². The van der Waals surface area contributed by atoms with Crippen molar-refractivity contribution >= 4 is 29.9 Å². The van der Waals surface area contributed by atoms with Gasteiger partial charge in [-0.1, -0.05) is 18.2 Å². The van der Waals surface area contributed by atoms with Crippen molar-refractivity contribution in [2.75, 3.05) is 40.5 Å². The largest absolute Gasteiger partial charge is 0.496 e. The van der Waals surface area contributed by atoms with E-state index in [1.165, 1.54) is 0 Å². The maximum Gasteiger partial charge on any atom is 0.194 e. The first-order valence-electron chi connectivity index (χ1n) is 7.42. The topological polar surface area (TPSA) is 46.1 Å². The van der Waals surface area contributed by atoms with Crippen molar-refractivity contribution in [1.29, 1.82) is 0 Å². The van der Waals surface area contributed by atoms with E-state index >= 15 is 0 Å². The zero-order valence-electron chi connectivity index (χ0n) is 14.0. The second-order valence-electron chi connectivity index (χ2n) is 4.60. The van der Waals surface area contributed by atoms with Gasteiger partial charge < -0.3 is 19.7 Å². The van der Waals surface area contributed by atoms with E-state index in [4.69, 9.17) is 9.47 Å². The number of benzene rings is 1.